The molecule has 0 aliphatic heterocycles. The molecule has 2 N–H and O–H groups in total. The Morgan fingerprint density at radius 3 is 2.85 bits per heavy atom. The Kier molecular flexibility index (Phi) is 5.58. The predicted octanol–water partition coefficient (Wildman–Crippen LogP) is 2.25. The molecule has 0 bridgehead atoms. The largest absolute Gasteiger partial charge is 0.493 e. The monoisotopic (exact) mass is 276 g/mol. The Morgan fingerprint density at radius 2 is 2.00 bits per heavy atom. The van der Waals surface area contributed by atoms with Gasteiger partial charge in [-0.15, -0.1) is 0 Å². The Morgan fingerprint density at radius 1 is 1.10 bits per heavy atom. The summed E-state index contributed by atoms with van der Waals surface area (Å²) in [7, 11) is 1.66. The molecule has 2 rings (SSSR count). The summed E-state index contributed by atoms with van der Waals surface area (Å²) in [6.07, 6.45) is 2.54. The zero-order valence-electron chi connectivity index (χ0n) is 11.7. The first kappa shape index (κ1) is 14.6. The topological polar surface area (TPSA) is 66.6 Å². The lowest BCUT2D eigenvalue weighted by Gasteiger charge is -2.10. The highest BCUT2D eigenvalue weighted by Gasteiger charge is 2.04. The maximum absolute atomic E-state index is 5.90. The van der Waals surface area contributed by atoms with Crippen LogP contribution in [0.25, 0.3) is 10.9 Å². The number of nitrogens with two attached hydrogens (primary N) is 1. The average molecular weight is 276 g/mol. The van der Waals surface area contributed by atoms with Crippen molar-refractivity contribution in [2.45, 2.75) is 6.42 Å². The van der Waals surface area contributed by atoms with Crippen LogP contribution in [0.5, 0.6) is 5.75 Å². The van der Waals surface area contributed by atoms with E-state index in [0.717, 1.165) is 23.1 Å². The molecule has 1 aromatic carbocycles. The van der Waals surface area contributed by atoms with Crippen molar-refractivity contribution in [3.63, 3.8) is 0 Å². The first-order valence-corrected chi connectivity index (χ1v) is 6.65. The van der Waals surface area contributed by atoms with Crippen molar-refractivity contribution in [1.29, 1.82) is 0 Å². The summed E-state index contributed by atoms with van der Waals surface area (Å²) in [6, 6.07) is 7.56. The van der Waals surface area contributed by atoms with E-state index in [-0.39, 0.29) is 0 Å². The first-order valence-electron chi connectivity index (χ1n) is 6.65. The molecule has 0 atom stereocenters. The third-order valence-electron chi connectivity index (χ3n) is 2.88. The van der Waals surface area contributed by atoms with Crippen LogP contribution in [0.2, 0.25) is 0 Å². The molecule has 1 aromatic heterocycles. The number of nitrogens with zero attached hydrogens (tertiary/aromatic N) is 1. The fourth-order valence-electron chi connectivity index (χ4n) is 1.89. The molecule has 2 aromatic rings. The number of fused-ring (bicyclic) bond motifs is 1. The number of methoxy groups -OCH3 is 1. The number of nitrogen functional groups attached to an aromatic ring is 1. The maximum atomic E-state index is 5.90. The molecule has 5 nitrogen and oxygen atoms in total. The molecule has 5 heteroatoms. The molecule has 0 radical (unpaired) electrons. The molecule has 20 heavy (non-hydrogen) atoms. The van der Waals surface area contributed by atoms with Crippen molar-refractivity contribution < 1.29 is 14.2 Å². The highest BCUT2D eigenvalue weighted by Crippen LogP contribution is 2.27. The van der Waals surface area contributed by atoms with Gasteiger partial charge in [-0.2, -0.15) is 0 Å². The number of rotatable bonds is 8. The summed E-state index contributed by atoms with van der Waals surface area (Å²) in [5, 5.41) is 0.938. The van der Waals surface area contributed by atoms with Crippen LogP contribution >= 0.6 is 0 Å². The van der Waals surface area contributed by atoms with Crippen LogP contribution in [0.3, 0.4) is 0 Å². The van der Waals surface area contributed by atoms with Crippen molar-refractivity contribution in [3.05, 3.63) is 30.5 Å². The fraction of sp³-hybridized carbons (Fsp3) is 0.400. The lowest BCUT2D eigenvalue weighted by molar-refractivity contribution is 0.0645. The van der Waals surface area contributed by atoms with E-state index < -0.39 is 0 Å². The van der Waals surface area contributed by atoms with Gasteiger partial charge in [-0.1, -0.05) is 6.07 Å². The highest BCUT2D eigenvalue weighted by atomic mass is 16.5. The minimum absolute atomic E-state index is 0.598. The zero-order valence-corrected chi connectivity index (χ0v) is 11.7. The third-order valence-corrected chi connectivity index (χ3v) is 2.88. The van der Waals surface area contributed by atoms with Crippen LogP contribution in [0.15, 0.2) is 30.5 Å². The van der Waals surface area contributed by atoms with E-state index in [1.165, 1.54) is 0 Å². The Labute approximate surface area is 118 Å². The number of hydrogen-bond donors (Lipinski definition) is 1. The number of anilines is 1. The summed E-state index contributed by atoms with van der Waals surface area (Å²) in [4.78, 5) is 4.28. The Bertz CT molecular complexity index is 546. The van der Waals surface area contributed by atoms with Crippen LogP contribution in [-0.2, 0) is 9.47 Å². The van der Waals surface area contributed by atoms with Crippen molar-refractivity contribution in [2.24, 2.45) is 0 Å². The van der Waals surface area contributed by atoms with Gasteiger partial charge in [-0.3, -0.25) is 4.98 Å². The SMILES string of the molecule is COCCOCCCOc1ccnc2c(N)cccc12. The molecule has 0 unspecified atom stereocenters. The van der Waals surface area contributed by atoms with E-state index in [4.69, 9.17) is 19.9 Å². The van der Waals surface area contributed by atoms with Gasteiger partial charge in [0, 0.05) is 31.7 Å². The van der Waals surface area contributed by atoms with Crippen LogP contribution in [-0.4, -0.2) is 38.5 Å². The summed E-state index contributed by atoms with van der Waals surface area (Å²) >= 11 is 0. The maximum Gasteiger partial charge on any atom is 0.130 e. The second-order valence-electron chi connectivity index (χ2n) is 4.36. The normalized spacial score (nSPS) is 10.8. The van der Waals surface area contributed by atoms with Gasteiger partial charge in [0.25, 0.3) is 0 Å². The van der Waals surface area contributed by atoms with Crippen molar-refractivity contribution in [1.82, 2.24) is 4.98 Å². The van der Waals surface area contributed by atoms with E-state index in [1.807, 2.05) is 24.3 Å². The number of ether oxygens (including phenoxy) is 3. The average Bonchev–Trinajstić information content (AvgIpc) is 2.47. The van der Waals surface area contributed by atoms with Crippen LogP contribution < -0.4 is 10.5 Å². The summed E-state index contributed by atoms with van der Waals surface area (Å²) < 4.78 is 16.1. The summed E-state index contributed by atoms with van der Waals surface area (Å²) in [5.41, 5.74) is 7.34. The third kappa shape index (κ3) is 3.82. The standard InChI is InChI=1S/C15H20N2O3/c1-18-10-11-19-8-3-9-20-14-6-7-17-15-12(14)4-2-5-13(15)16/h2,4-7H,3,8-11,16H2,1H3. The summed E-state index contributed by atoms with van der Waals surface area (Å²) in [5.74, 6) is 0.805. The molecule has 0 fully saturated rings. The van der Waals surface area contributed by atoms with Crippen LogP contribution in [0.4, 0.5) is 5.69 Å². The van der Waals surface area contributed by atoms with E-state index in [0.29, 0.717) is 32.1 Å². The van der Waals surface area contributed by atoms with Crippen LogP contribution in [0, 0.1) is 0 Å². The van der Waals surface area contributed by atoms with Crippen molar-refractivity contribution in [2.75, 3.05) is 39.3 Å². The minimum atomic E-state index is 0.598. The van der Waals surface area contributed by atoms with Crippen LogP contribution in [0.1, 0.15) is 6.42 Å². The van der Waals surface area contributed by atoms with Crippen molar-refractivity contribution >= 4 is 16.6 Å². The lowest BCUT2D eigenvalue weighted by atomic mass is 10.2. The molecule has 1 heterocycles. The van der Waals surface area contributed by atoms with Gasteiger partial charge >= 0.3 is 0 Å². The van der Waals surface area contributed by atoms with E-state index >= 15 is 0 Å². The van der Waals surface area contributed by atoms with Gasteiger partial charge < -0.3 is 19.9 Å². The first-order chi connectivity index (χ1) is 9.83. The smallest absolute Gasteiger partial charge is 0.130 e. The second kappa shape index (κ2) is 7.67. The summed E-state index contributed by atoms with van der Waals surface area (Å²) in [6.45, 7) is 2.50. The predicted molar refractivity (Wildman–Crippen MR) is 79.0 cm³/mol. The van der Waals surface area contributed by atoms with Gasteiger partial charge in [-0.05, 0) is 18.2 Å². The van der Waals surface area contributed by atoms with Gasteiger partial charge in [0.1, 0.15) is 5.75 Å². The van der Waals surface area contributed by atoms with Crippen molar-refractivity contribution in [3.8, 4) is 5.75 Å². The number of benzene rings is 1. The number of pyridine rings is 1. The fourth-order valence-corrected chi connectivity index (χ4v) is 1.89. The molecular weight excluding hydrogens is 256 g/mol. The highest BCUT2D eigenvalue weighted by molar-refractivity contribution is 5.93. The Hall–Kier alpha value is -1.85. The van der Waals surface area contributed by atoms with Gasteiger partial charge in [0.2, 0.25) is 0 Å². The van der Waals surface area contributed by atoms with E-state index in [2.05, 4.69) is 4.98 Å². The molecule has 0 amide bonds. The van der Waals surface area contributed by atoms with Gasteiger partial charge in [0.05, 0.1) is 31.0 Å². The quantitative estimate of drug-likeness (QED) is 0.591. The second-order valence-corrected chi connectivity index (χ2v) is 4.36. The molecule has 0 saturated heterocycles. The number of aromatic nitrogens is 1. The number of para-hydroxylation sites is 1. The van der Waals surface area contributed by atoms with E-state index in [9.17, 15) is 0 Å². The zero-order chi connectivity index (χ0) is 14.2. The molecule has 108 valence electrons. The molecule has 0 aliphatic carbocycles. The van der Waals surface area contributed by atoms with Gasteiger partial charge in [0.15, 0.2) is 0 Å². The molecular formula is C15H20N2O3. The molecule has 0 aliphatic rings. The minimum Gasteiger partial charge on any atom is -0.493 e. The molecule has 0 saturated carbocycles. The number of hydrogen-bond acceptors (Lipinski definition) is 5. The molecule has 0 spiro atoms. The Balaban J connectivity index is 1.86. The lowest BCUT2D eigenvalue weighted by Crippen LogP contribution is -2.07. The van der Waals surface area contributed by atoms with Gasteiger partial charge in [-0.25, -0.2) is 0 Å². The van der Waals surface area contributed by atoms with E-state index in [1.54, 1.807) is 13.3 Å².